The number of aliphatic hydroxyl groups is 2. The fourth-order valence-corrected chi connectivity index (χ4v) is 4.47. The zero-order chi connectivity index (χ0) is 20.0. The third kappa shape index (κ3) is 3.18. The van der Waals surface area contributed by atoms with Crippen LogP contribution in [-0.2, 0) is 15.9 Å². The summed E-state index contributed by atoms with van der Waals surface area (Å²) in [6.07, 6.45) is -1.57. The Bertz CT molecular complexity index is 803. The molecular formula is C19H23FN2O6. The first kappa shape index (κ1) is 18.9. The SMILES string of the molecule is COC(=O)NCC1OC(=O)N2c3cc(F)c(C4CCC(O)C(O)C4)cc3C[C@@H]12. The van der Waals surface area contributed by atoms with Crippen LogP contribution in [0.3, 0.4) is 0 Å². The van der Waals surface area contributed by atoms with Gasteiger partial charge in [0, 0.05) is 0 Å². The molecule has 1 aliphatic carbocycles. The van der Waals surface area contributed by atoms with Crippen LogP contribution < -0.4 is 10.2 Å². The fraction of sp³-hybridized carbons (Fsp3) is 0.579. The number of cyclic esters (lactones) is 1. The molecule has 0 bridgehead atoms. The van der Waals surface area contributed by atoms with Crippen molar-refractivity contribution in [3.05, 3.63) is 29.1 Å². The van der Waals surface area contributed by atoms with Crippen molar-refractivity contribution in [1.29, 1.82) is 0 Å². The first-order valence-electron chi connectivity index (χ1n) is 9.39. The highest BCUT2D eigenvalue weighted by Crippen LogP contribution is 2.43. The van der Waals surface area contributed by atoms with E-state index in [0.29, 0.717) is 36.9 Å². The number of anilines is 1. The topological polar surface area (TPSA) is 108 Å². The highest BCUT2D eigenvalue weighted by molar-refractivity contribution is 5.94. The molecule has 2 aliphatic heterocycles. The molecule has 1 aromatic rings. The maximum Gasteiger partial charge on any atom is 0.415 e. The van der Waals surface area contributed by atoms with Gasteiger partial charge in [0.05, 0.1) is 37.6 Å². The number of alkyl carbamates (subject to hydrolysis) is 1. The number of ether oxygens (including phenoxy) is 2. The monoisotopic (exact) mass is 394 g/mol. The van der Waals surface area contributed by atoms with E-state index in [1.807, 2.05) is 0 Å². The van der Waals surface area contributed by atoms with Gasteiger partial charge in [-0.3, -0.25) is 4.90 Å². The number of rotatable bonds is 3. The molecular weight excluding hydrogens is 371 g/mol. The van der Waals surface area contributed by atoms with Crippen LogP contribution in [0.5, 0.6) is 0 Å². The van der Waals surface area contributed by atoms with Gasteiger partial charge in [0.1, 0.15) is 11.9 Å². The molecule has 152 valence electrons. The maximum atomic E-state index is 14.8. The molecule has 28 heavy (non-hydrogen) atoms. The molecule has 4 rings (SSSR count). The Balaban J connectivity index is 1.55. The van der Waals surface area contributed by atoms with E-state index < -0.39 is 36.3 Å². The number of halogens is 1. The summed E-state index contributed by atoms with van der Waals surface area (Å²) in [6.45, 7) is 0.107. The van der Waals surface area contributed by atoms with E-state index in [4.69, 9.17) is 4.74 Å². The van der Waals surface area contributed by atoms with Crippen molar-refractivity contribution in [3.63, 3.8) is 0 Å². The Morgan fingerprint density at radius 3 is 2.86 bits per heavy atom. The van der Waals surface area contributed by atoms with Gasteiger partial charge in [-0.05, 0) is 48.8 Å². The lowest BCUT2D eigenvalue weighted by Gasteiger charge is -2.30. The minimum atomic E-state index is -0.863. The largest absolute Gasteiger partial charge is 0.453 e. The summed E-state index contributed by atoms with van der Waals surface area (Å²) in [5.41, 5.74) is 1.82. The van der Waals surface area contributed by atoms with Crippen LogP contribution in [0.15, 0.2) is 12.1 Å². The second-order valence-corrected chi connectivity index (χ2v) is 7.58. The fourth-order valence-electron chi connectivity index (χ4n) is 4.47. The van der Waals surface area contributed by atoms with Crippen LogP contribution in [0.1, 0.15) is 36.3 Å². The number of hydrogen-bond donors (Lipinski definition) is 3. The van der Waals surface area contributed by atoms with Crippen molar-refractivity contribution in [2.75, 3.05) is 18.6 Å². The molecule has 8 nitrogen and oxygen atoms in total. The minimum absolute atomic E-state index is 0.107. The first-order valence-corrected chi connectivity index (χ1v) is 9.39. The summed E-state index contributed by atoms with van der Waals surface area (Å²) in [5, 5.41) is 22.2. The highest BCUT2D eigenvalue weighted by Gasteiger charge is 2.48. The number of amides is 2. The third-order valence-electron chi connectivity index (χ3n) is 5.95. The molecule has 2 fully saturated rings. The second kappa shape index (κ2) is 7.21. The molecule has 0 aromatic heterocycles. The minimum Gasteiger partial charge on any atom is -0.453 e. The van der Waals surface area contributed by atoms with Crippen molar-refractivity contribution in [2.45, 2.75) is 56.0 Å². The summed E-state index contributed by atoms with van der Waals surface area (Å²) in [7, 11) is 1.25. The van der Waals surface area contributed by atoms with E-state index in [1.54, 1.807) is 6.07 Å². The second-order valence-electron chi connectivity index (χ2n) is 7.58. The molecule has 1 aromatic carbocycles. The molecule has 2 amide bonds. The lowest BCUT2D eigenvalue weighted by Crippen LogP contribution is -2.40. The van der Waals surface area contributed by atoms with Crippen LogP contribution in [0.4, 0.5) is 19.7 Å². The molecule has 2 heterocycles. The number of benzene rings is 1. The first-order chi connectivity index (χ1) is 13.4. The van der Waals surface area contributed by atoms with E-state index in [1.165, 1.54) is 18.1 Å². The maximum absolute atomic E-state index is 14.8. The molecule has 0 radical (unpaired) electrons. The number of nitrogens with zero attached hydrogens (tertiary/aromatic N) is 1. The number of nitrogens with one attached hydrogen (secondary N) is 1. The molecule has 1 saturated carbocycles. The molecule has 9 heteroatoms. The van der Waals surface area contributed by atoms with Crippen molar-refractivity contribution in [2.24, 2.45) is 0 Å². The lowest BCUT2D eigenvalue weighted by atomic mass is 9.80. The van der Waals surface area contributed by atoms with Crippen molar-refractivity contribution < 1.29 is 33.7 Å². The van der Waals surface area contributed by atoms with E-state index >= 15 is 0 Å². The van der Waals surface area contributed by atoms with Gasteiger partial charge >= 0.3 is 12.2 Å². The third-order valence-corrected chi connectivity index (χ3v) is 5.95. The van der Waals surface area contributed by atoms with Gasteiger partial charge in [-0.2, -0.15) is 0 Å². The summed E-state index contributed by atoms with van der Waals surface area (Å²) >= 11 is 0. The van der Waals surface area contributed by atoms with E-state index in [2.05, 4.69) is 10.1 Å². The number of hydrogen-bond acceptors (Lipinski definition) is 6. The lowest BCUT2D eigenvalue weighted by molar-refractivity contribution is -0.0152. The Kier molecular flexibility index (Phi) is 4.88. The van der Waals surface area contributed by atoms with E-state index in [0.717, 1.165) is 5.56 Å². The summed E-state index contributed by atoms with van der Waals surface area (Å²) < 4.78 is 24.7. The van der Waals surface area contributed by atoms with Gasteiger partial charge in [0.25, 0.3) is 0 Å². The number of carbonyl (C=O) groups is 2. The van der Waals surface area contributed by atoms with Crippen molar-refractivity contribution in [3.8, 4) is 0 Å². The quantitative estimate of drug-likeness (QED) is 0.716. The average Bonchev–Trinajstić information content (AvgIpc) is 3.18. The molecule has 3 N–H and O–H groups in total. The number of methoxy groups -OCH3 is 1. The molecule has 4 unspecified atom stereocenters. The van der Waals surface area contributed by atoms with Gasteiger partial charge < -0.3 is 25.0 Å². The number of carbonyl (C=O) groups excluding carboxylic acids is 2. The zero-order valence-electron chi connectivity index (χ0n) is 15.4. The number of aliphatic hydroxyl groups excluding tert-OH is 2. The van der Waals surface area contributed by atoms with Gasteiger partial charge in [-0.25, -0.2) is 14.0 Å². The van der Waals surface area contributed by atoms with E-state index in [9.17, 15) is 24.2 Å². The van der Waals surface area contributed by atoms with Gasteiger partial charge in [0.15, 0.2) is 0 Å². The molecule has 1 saturated heterocycles. The summed E-state index contributed by atoms with van der Waals surface area (Å²) in [6, 6.07) is 2.78. The molecule has 3 aliphatic rings. The molecule has 0 spiro atoms. The van der Waals surface area contributed by atoms with Crippen LogP contribution in [0, 0.1) is 5.82 Å². The van der Waals surface area contributed by atoms with Crippen molar-refractivity contribution in [1.82, 2.24) is 5.32 Å². The zero-order valence-corrected chi connectivity index (χ0v) is 15.4. The smallest absolute Gasteiger partial charge is 0.415 e. The van der Waals surface area contributed by atoms with Crippen LogP contribution in [0.25, 0.3) is 0 Å². The Morgan fingerprint density at radius 1 is 1.36 bits per heavy atom. The van der Waals surface area contributed by atoms with E-state index in [-0.39, 0.29) is 18.5 Å². The van der Waals surface area contributed by atoms with Crippen LogP contribution in [-0.4, -0.2) is 60.4 Å². The summed E-state index contributed by atoms with van der Waals surface area (Å²) in [5.74, 6) is -0.611. The Labute approximate surface area is 161 Å². The average molecular weight is 394 g/mol. The highest BCUT2D eigenvalue weighted by atomic mass is 19.1. The van der Waals surface area contributed by atoms with Gasteiger partial charge in [-0.1, -0.05) is 6.07 Å². The number of fused-ring (bicyclic) bond motifs is 3. The predicted molar refractivity (Wildman–Crippen MR) is 95.7 cm³/mol. The molecule has 5 atom stereocenters. The predicted octanol–water partition coefficient (Wildman–Crippen LogP) is 1.42. The van der Waals surface area contributed by atoms with Gasteiger partial charge in [0.2, 0.25) is 0 Å². The summed E-state index contributed by atoms with van der Waals surface area (Å²) in [4.78, 5) is 25.0. The normalized spacial score (nSPS) is 31.2. The van der Waals surface area contributed by atoms with Crippen LogP contribution in [0.2, 0.25) is 0 Å². The Morgan fingerprint density at radius 2 is 2.14 bits per heavy atom. The van der Waals surface area contributed by atoms with Gasteiger partial charge in [-0.15, -0.1) is 0 Å². The van der Waals surface area contributed by atoms with Crippen LogP contribution >= 0.6 is 0 Å². The van der Waals surface area contributed by atoms with Crippen molar-refractivity contribution >= 4 is 17.9 Å². The Hall–Kier alpha value is -2.39. The standard InChI is InChI=1S/C19H23FN2O6/c1-27-18(25)21-8-17-14-5-10-4-11(9-2-3-15(23)16(24)6-9)12(20)7-13(10)22(14)19(26)28-17/h4,7,9,14-17,23-24H,2-3,5-6,8H2,1H3,(H,21,25)/t9?,14-,15?,16?,17?/m0/s1.